The Morgan fingerprint density at radius 3 is 2.93 bits per heavy atom. The Balaban J connectivity index is 1.72. The fourth-order valence-electron chi connectivity index (χ4n) is 3.60. The molecule has 27 heavy (non-hydrogen) atoms. The van der Waals surface area contributed by atoms with Crippen molar-refractivity contribution in [3.63, 3.8) is 0 Å². The monoisotopic (exact) mass is 379 g/mol. The van der Waals surface area contributed by atoms with E-state index in [1.807, 2.05) is 28.8 Å². The minimum Gasteiger partial charge on any atom is -0.497 e. The van der Waals surface area contributed by atoms with Gasteiger partial charge in [0.25, 0.3) is 0 Å². The summed E-state index contributed by atoms with van der Waals surface area (Å²) < 4.78 is 7.29. The maximum atomic E-state index is 12.7. The zero-order valence-electron chi connectivity index (χ0n) is 14.9. The number of benzene rings is 2. The maximum absolute atomic E-state index is 12.7. The normalized spacial score (nSPS) is 16.7. The van der Waals surface area contributed by atoms with Gasteiger partial charge in [-0.05, 0) is 24.3 Å². The Labute approximate surface area is 162 Å². The van der Waals surface area contributed by atoms with Crippen LogP contribution in [-0.4, -0.2) is 29.1 Å². The van der Waals surface area contributed by atoms with Gasteiger partial charge >= 0.3 is 0 Å². The lowest BCUT2D eigenvalue weighted by atomic mass is 10.1. The molecule has 1 fully saturated rings. The van der Waals surface area contributed by atoms with Gasteiger partial charge in [-0.15, -0.1) is 6.42 Å². The van der Waals surface area contributed by atoms with Crippen molar-refractivity contribution < 1.29 is 9.53 Å². The Kier molecular flexibility index (Phi) is 4.51. The smallest absolute Gasteiger partial charge is 0.227 e. The molecule has 1 aromatic heterocycles. The number of fused-ring (bicyclic) bond motifs is 1. The van der Waals surface area contributed by atoms with Crippen LogP contribution in [0.3, 0.4) is 0 Å². The van der Waals surface area contributed by atoms with Gasteiger partial charge in [-0.3, -0.25) is 4.79 Å². The van der Waals surface area contributed by atoms with Crippen LogP contribution in [0.5, 0.6) is 5.75 Å². The Hall–Kier alpha value is -2.97. The number of carbonyl (C=O) groups excluding carboxylic acids is 1. The molecule has 6 heteroatoms. The first-order valence-corrected chi connectivity index (χ1v) is 9.02. The second kappa shape index (κ2) is 6.98. The Bertz CT molecular complexity index is 1070. The van der Waals surface area contributed by atoms with Gasteiger partial charge in [-0.2, -0.15) is 0 Å². The van der Waals surface area contributed by atoms with Gasteiger partial charge in [0.2, 0.25) is 5.91 Å². The summed E-state index contributed by atoms with van der Waals surface area (Å²) in [5, 5.41) is 0.516. The van der Waals surface area contributed by atoms with Crippen molar-refractivity contribution in [1.29, 1.82) is 0 Å². The summed E-state index contributed by atoms with van der Waals surface area (Å²) >= 11 is 6.34. The predicted molar refractivity (Wildman–Crippen MR) is 106 cm³/mol. The summed E-state index contributed by atoms with van der Waals surface area (Å²) in [6, 6.07) is 13.2. The van der Waals surface area contributed by atoms with Crippen molar-refractivity contribution in [2.75, 3.05) is 18.6 Å². The van der Waals surface area contributed by atoms with Crippen LogP contribution in [0.2, 0.25) is 5.02 Å². The maximum Gasteiger partial charge on any atom is 0.227 e. The first-order chi connectivity index (χ1) is 13.1. The molecule has 1 aliphatic heterocycles. The lowest BCUT2D eigenvalue weighted by Crippen LogP contribution is -2.25. The SMILES string of the molecule is C#CCn1c([C@H]2CC(=O)N(c3cc(OC)ccc3Cl)C2)nc2ccccc21. The standard InChI is InChI=1S/C21H18ClN3O2/c1-3-10-24-18-7-5-4-6-17(18)23-21(24)14-11-20(26)25(13-14)19-12-15(27-2)8-9-16(19)22/h1,4-9,12,14H,10-11,13H2,2H3/t14-/m0/s1. The third-order valence-corrected chi connectivity index (χ3v) is 5.19. The number of carbonyl (C=O) groups is 1. The number of amides is 1. The highest BCUT2D eigenvalue weighted by Crippen LogP contribution is 2.37. The lowest BCUT2D eigenvalue weighted by Gasteiger charge is -2.19. The Morgan fingerprint density at radius 1 is 1.33 bits per heavy atom. The summed E-state index contributed by atoms with van der Waals surface area (Å²) in [6.07, 6.45) is 5.93. The molecule has 5 nitrogen and oxygen atoms in total. The Morgan fingerprint density at radius 2 is 2.15 bits per heavy atom. The van der Waals surface area contributed by atoms with Gasteiger partial charge in [-0.1, -0.05) is 29.7 Å². The number of anilines is 1. The van der Waals surface area contributed by atoms with E-state index in [1.54, 1.807) is 30.2 Å². The van der Waals surface area contributed by atoms with Gasteiger partial charge in [0.15, 0.2) is 0 Å². The number of hydrogen-bond donors (Lipinski definition) is 0. The molecule has 0 saturated carbocycles. The molecule has 1 atom stereocenters. The minimum atomic E-state index is -0.0551. The van der Waals surface area contributed by atoms with E-state index in [-0.39, 0.29) is 11.8 Å². The van der Waals surface area contributed by atoms with Crippen LogP contribution in [0.15, 0.2) is 42.5 Å². The third-order valence-electron chi connectivity index (χ3n) is 4.87. The number of aromatic nitrogens is 2. The molecule has 1 amide bonds. The van der Waals surface area contributed by atoms with Gasteiger partial charge in [0, 0.05) is 24.9 Å². The number of para-hydroxylation sites is 2. The molecule has 0 bridgehead atoms. The zero-order chi connectivity index (χ0) is 19.0. The fraction of sp³-hybridized carbons (Fsp3) is 0.238. The first-order valence-electron chi connectivity index (χ1n) is 8.65. The molecule has 1 saturated heterocycles. The second-order valence-electron chi connectivity index (χ2n) is 6.47. The molecular formula is C21H18ClN3O2. The first kappa shape index (κ1) is 17.4. The van der Waals surface area contributed by atoms with E-state index in [4.69, 9.17) is 27.7 Å². The molecule has 1 aliphatic rings. The van der Waals surface area contributed by atoms with Gasteiger partial charge in [0.05, 0.1) is 35.4 Å². The summed E-state index contributed by atoms with van der Waals surface area (Å²) in [5.74, 6) is 4.14. The molecule has 0 N–H and O–H groups in total. The predicted octanol–water partition coefficient (Wildman–Crippen LogP) is 3.85. The van der Waals surface area contributed by atoms with Crippen molar-refractivity contribution in [1.82, 2.24) is 9.55 Å². The highest BCUT2D eigenvalue weighted by atomic mass is 35.5. The van der Waals surface area contributed by atoms with Gasteiger partial charge in [0.1, 0.15) is 11.6 Å². The zero-order valence-corrected chi connectivity index (χ0v) is 15.6. The highest BCUT2D eigenvalue weighted by Gasteiger charge is 2.35. The molecule has 0 radical (unpaired) electrons. The van der Waals surface area contributed by atoms with Crippen LogP contribution >= 0.6 is 11.6 Å². The fourth-order valence-corrected chi connectivity index (χ4v) is 3.82. The molecule has 2 aromatic carbocycles. The van der Waals surface area contributed by atoms with E-state index in [0.717, 1.165) is 16.9 Å². The number of hydrogen-bond acceptors (Lipinski definition) is 3. The number of ether oxygens (including phenoxy) is 1. The van der Waals surface area contributed by atoms with Gasteiger partial charge in [-0.25, -0.2) is 4.98 Å². The van der Waals surface area contributed by atoms with Crippen LogP contribution in [0.1, 0.15) is 18.2 Å². The van der Waals surface area contributed by atoms with Crippen molar-refractivity contribution >= 4 is 34.2 Å². The number of imidazole rings is 1. The summed E-state index contributed by atoms with van der Waals surface area (Å²) in [6.45, 7) is 0.917. The number of methoxy groups -OCH3 is 1. The van der Waals surface area contributed by atoms with Crippen molar-refractivity contribution in [3.8, 4) is 18.1 Å². The number of halogens is 1. The molecule has 0 spiro atoms. The summed E-state index contributed by atoms with van der Waals surface area (Å²) in [7, 11) is 1.59. The van der Waals surface area contributed by atoms with E-state index in [0.29, 0.717) is 36.0 Å². The van der Waals surface area contributed by atoms with Crippen LogP contribution in [0, 0.1) is 12.3 Å². The number of terminal acetylenes is 1. The van der Waals surface area contributed by atoms with Crippen molar-refractivity contribution in [3.05, 3.63) is 53.3 Å². The molecule has 136 valence electrons. The molecular weight excluding hydrogens is 362 g/mol. The van der Waals surface area contributed by atoms with E-state index < -0.39 is 0 Å². The van der Waals surface area contributed by atoms with Crippen LogP contribution in [0.4, 0.5) is 5.69 Å². The van der Waals surface area contributed by atoms with E-state index in [9.17, 15) is 4.79 Å². The molecule has 4 rings (SSSR count). The van der Waals surface area contributed by atoms with Crippen LogP contribution in [-0.2, 0) is 11.3 Å². The third kappa shape index (κ3) is 3.02. The molecule has 2 heterocycles. The highest BCUT2D eigenvalue weighted by molar-refractivity contribution is 6.34. The second-order valence-corrected chi connectivity index (χ2v) is 6.88. The number of nitrogens with zero attached hydrogens (tertiary/aromatic N) is 3. The minimum absolute atomic E-state index is 0.00877. The van der Waals surface area contributed by atoms with E-state index >= 15 is 0 Å². The quantitative estimate of drug-likeness (QED) is 0.647. The molecule has 3 aromatic rings. The topological polar surface area (TPSA) is 47.4 Å². The largest absolute Gasteiger partial charge is 0.497 e. The van der Waals surface area contributed by atoms with Crippen molar-refractivity contribution in [2.24, 2.45) is 0 Å². The molecule has 0 unspecified atom stereocenters. The molecule has 0 aliphatic carbocycles. The van der Waals surface area contributed by atoms with E-state index in [2.05, 4.69) is 5.92 Å². The van der Waals surface area contributed by atoms with Crippen LogP contribution in [0.25, 0.3) is 11.0 Å². The average molecular weight is 380 g/mol. The van der Waals surface area contributed by atoms with Crippen molar-refractivity contribution in [2.45, 2.75) is 18.9 Å². The lowest BCUT2D eigenvalue weighted by molar-refractivity contribution is -0.117. The average Bonchev–Trinajstić information content (AvgIpc) is 3.23. The van der Waals surface area contributed by atoms with Crippen LogP contribution < -0.4 is 9.64 Å². The number of rotatable bonds is 4. The summed E-state index contributed by atoms with van der Waals surface area (Å²) in [4.78, 5) is 19.2. The summed E-state index contributed by atoms with van der Waals surface area (Å²) in [5.41, 5.74) is 2.52. The van der Waals surface area contributed by atoms with E-state index in [1.165, 1.54) is 0 Å². The van der Waals surface area contributed by atoms with Gasteiger partial charge < -0.3 is 14.2 Å².